The maximum Gasteiger partial charge on any atom is 0.294 e. The van der Waals surface area contributed by atoms with Gasteiger partial charge >= 0.3 is 0 Å². The summed E-state index contributed by atoms with van der Waals surface area (Å²) in [5, 5.41) is -0.347. The molecule has 0 saturated carbocycles. The normalized spacial score (nSPS) is 18.2. The molecule has 0 aromatic carbocycles. The molecule has 1 aromatic rings. The molecule has 16 heavy (non-hydrogen) atoms. The zero-order valence-electron chi connectivity index (χ0n) is 8.17. The first kappa shape index (κ1) is 10.6. The van der Waals surface area contributed by atoms with E-state index < -0.39 is 0 Å². The van der Waals surface area contributed by atoms with Crippen LogP contribution < -0.4 is 0 Å². The van der Waals surface area contributed by atoms with Crippen molar-refractivity contribution in [2.24, 2.45) is 0 Å². The maximum atomic E-state index is 11.7. The predicted octanol–water partition coefficient (Wildman–Crippen LogP) is 1.95. The molecule has 2 rings (SSSR count). The van der Waals surface area contributed by atoms with Gasteiger partial charge in [0.05, 0.1) is 17.7 Å². The lowest BCUT2D eigenvalue weighted by atomic mass is 10.3. The highest BCUT2D eigenvalue weighted by Gasteiger charge is 2.34. The fourth-order valence-corrected chi connectivity index (χ4v) is 2.05. The maximum absolute atomic E-state index is 11.7. The van der Waals surface area contributed by atoms with E-state index in [1.165, 1.54) is 12.3 Å². The summed E-state index contributed by atoms with van der Waals surface area (Å²) in [6.45, 7) is 0.000160. The zero-order valence-corrected chi connectivity index (χ0v) is 8.99. The Morgan fingerprint density at radius 3 is 3.00 bits per heavy atom. The summed E-state index contributed by atoms with van der Waals surface area (Å²) in [5.74, 6) is 2.43. The van der Waals surface area contributed by atoms with Gasteiger partial charge < -0.3 is 4.42 Å². The van der Waals surface area contributed by atoms with Crippen LogP contribution in [-0.4, -0.2) is 22.6 Å². The lowest BCUT2D eigenvalue weighted by Gasteiger charge is -2.06. The molecule has 1 fully saturated rings. The first-order valence-electron chi connectivity index (χ1n) is 4.44. The van der Waals surface area contributed by atoms with Crippen molar-refractivity contribution in [2.45, 2.75) is 0 Å². The quantitative estimate of drug-likeness (QED) is 0.578. The number of thioether (sulfide) groups is 1. The molecule has 2 amide bonds. The minimum Gasteiger partial charge on any atom is -0.465 e. The molecule has 1 saturated heterocycles. The zero-order chi connectivity index (χ0) is 11.5. The Morgan fingerprint density at radius 2 is 2.38 bits per heavy atom. The van der Waals surface area contributed by atoms with E-state index in [1.807, 2.05) is 0 Å². The molecule has 4 nitrogen and oxygen atoms in total. The fourth-order valence-electron chi connectivity index (χ4n) is 1.23. The van der Waals surface area contributed by atoms with Crippen LogP contribution in [0, 0.1) is 12.3 Å². The topological polar surface area (TPSA) is 50.5 Å². The number of nitrogens with zero attached hydrogens (tertiary/aromatic N) is 1. The third-order valence-corrected chi connectivity index (χ3v) is 2.85. The number of terminal acetylenes is 1. The predicted molar refractivity (Wildman–Crippen MR) is 60.2 cm³/mol. The minimum atomic E-state index is -0.371. The van der Waals surface area contributed by atoms with Gasteiger partial charge in [-0.25, -0.2) is 0 Å². The highest BCUT2D eigenvalue weighted by Crippen LogP contribution is 2.31. The van der Waals surface area contributed by atoms with Crippen molar-refractivity contribution in [3.8, 4) is 12.3 Å². The molecule has 0 radical (unpaired) electrons. The summed E-state index contributed by atoms with van der Waals surface area (Å²) in [6.07, 6.45) is 8.10. The summed E-state index contributed by atoms with van der Waals surface area (Å²) in [6, 6.07) is 3.41. The van der Waals surface area contributed by atoms with Gasteiger partial charge in [0.15, 0.2) is 0 Å². The lowest BCUT2D eigenvalue weighted by Crippen LogP contribution is -2.28. The Morgan fingerprint density at radius 1 is 1.56 bits per heavy atom. The molecular weight excluding hydrogens is 226 g/mol. The number of carbonyl (C=O) groups is 2. The number of imide groups is 1. The van der Waals surface area contributed by atoms with Crippen molar-refractivity contribution >= 4 is 29.0 Å². The average molecular weight is 233 g/mol. The Labute approximate surface area is 96.3 Å². The van der Waals surface area contributed by atoms with E-state index in [0.717, 1.165) is 16.7 Å². The van der Waals surface area contributed by atoms with Crippen LogP contribution in [0.1, 0.15) is 5.76 Å². The Hall–Kier alpha value is -1.93. The molecule has 80 valence electrons. The second-order valence-electron chi connectivity index (χ2n) is 2.99. The average Bonchev–Trinajstić information content (AvgIpc) is 2.84. The monoisotopic (exact) mass is 233 g/mol. The molecule has 5 heteroatoms. The van der Waals surface area contributed by atoms with Gasteiger partial charge in [-0.15, -0.1) is 6.42 Å². The number of furan rings is 1. The Kier molecular flexibility index (Phi) is 2.84. The third-order valence-electron chi connectivity index (χ3n) is 1.94. The first-order valence-corrected chi connectivity index (χ1v) is 5.26. The Bertz CT molecular complexity index is 496. The van der Waals surface area contributed by atoms with E-state index >= 15 is 0 Å². The van der Waals surface area contributed by atoms with Crippen molar-refractivity contribution in [2.75, 3.05) is 6.54 Å². The highest BCUT2D eigenvalue weighted by atomic mass is 32.2. The van der Waals surface area contributed by atoms with Crippen molar-refractivity contribution in [1.29, 1.82) is 0 Å². The standard InChI is InChI=1S/C11H7NO3S/c1-2-5-12-10(13)9(16-11(12)14)7-8-4-3-6-15-8/h1,3-4,6-7H,5H2/b9-7+. The highest BCUT2D eigenvalue weighted by molar-refractivity contribution is 8.18. The molecule has 0 N–H and O–H groups in total. The van der Waals surface area contributed by atoms with E-state index in [0.29, 0.717) is 10.7 Å². The Balaban J connectivity index is 2.24. The van der Waals surface area contributed by atoms with Gasteiger partial charge in [-0.1, -0.05) is 5.92 Å². The van der Waals surface area contributed by atoms with Crippen LogP contribution in [0.3, 0.4) is 0 Å². The summed E-state index contributed by atoms with van der Waals surface area (Å²) in [4.78, 5) is 24.5. The van der Waals surface area contributed by atoms with Gasteiger partial charge in [0.1, 0.15) is 5.76 Å². The summed E-state index contributed by atoms with van der Waals surface area (Å²) >= 11 is 0.863. The van der Waals surface area contributed by atoms with Crippen LogP contribution in [0.2, 0.25) is 0 Å². The molecule has 0 unspecified atom stereocenters. The molecule has 0 spiro atoms. The largest absolute Gasteiger partial charge is 0.465 e. The van der Waals surface area contributed by atoms with E-state index in [1.54, 1.807) is 12.1 Å². The van der Waals surface area contributed by atoms with Crippen LogP contribution in [0.25, 0.3) is 6.08 Å². The van der Waals surface area contributed by atoms with Gasteiger partial charge in [-0.2, -0.15) is 0 Å². The molecule has 0 atom stereocenters. The number of hydrogen-bond acceptors (Lipinski definition) is 4. The van der Waals surface area contributed by atoms with Crippen molar-refractivity contribution in [3.05, 3.63) is 29.1 Å². The van der Waals surface area contributed by atoms with Gasteiger partial charge in [-0.05, 0) is 23.9 Å². The number of rotatable bonds is 2. The summed E-state index contributed by atoms with van der Waals surface area (Å²) < 4.78 is 5.06. The number of carbonyl (C=O) groups excluding carboxylic acids is 2. The number of amides is 2. The van der Waals surface area contributed by atoms with Crippen LogP contribution in [0.5, 0.6) is 0 Å². The molecule has 1 aliphatic rings. The van der Waals surface area contributed by atoms with Crippen molar-refractivity contribution in [1.82, 2.24) is 4.90 Å². The van der Waals surface area contributed by atoms with Crippen LogP contribution in [0.15, 0.2) is 27.7 Å². The lowest BCUT2D eigenvalue weighted by molar-refractivity contribution is -0.122. The molecular formula is C11H7NO3S. The van der Waals surface area contributed by atoms with Crippen molar-refractivity contribution < 1.29 is 14.0 Å². The van der Waals surface area contributed by atoms with E-state index in [2.05, 4.69) is 5.92 Å². The second kappa shape index (κ2) is 4.29. The molecule has 2 heterocycles. The van der Waals surface area contributed by atoms with Gasteiger partial charge in [-0.3, -0.25) is 14.5 Å². The smallest absolute Gasteiger partial charge is 0.294 e. The van der Waals surface area contributed by atoms with Crippen molar-refractivity contribution in [3.63, 3.8) is 0 Å². The third kappa shape index (κ3) is 1.88. The SMILES string of the molecule is C#CCN1C(=O)S/C(=C/c2ccco2)C1=O. The van der Waals surface area contributed by atoms with E-state index in [-0.39, 0.29) is 17.7 Å². The fraction of sp³-hybridized carbons (Fsp3) is 0.0909. The summed E-state index contributed by atoms with van der Waals surface area (Å²) in [5.41, 5.74) is 0. The molecule has 0 aliphatic carbocycles. The molecule has 1 aromatic heterocycles. The molecule has 0 bridgehead atoms. The second-order valence-corrected chi connectivity index (χ2v) is 3.98. The van der Waals surface area contributed by atoms with Gasteiger partial charge in [0.2, 0.25) is 0 Å². The van der Waals surface area contributed by atoms with Crippen LogP contribution in [-0.2, 0) is 4.79 Å². The molecule has 1 aliphatic heterocycles. The van der Waals surface area contributed by atoms with Gasteiger partial charge in [0.25, 0.3) is 11.1 Å². The summed E-state index contributed by atoms with van der Waals surface area (Å²) in [7, 11) is 0. The van der Waals surface area contributed by atoms with Gasteiger partial charge in [0, 0.05) is 6.08 Å². The minimum absolute atomic E-state index is 0.000160. The van der Waals surface area contributed by atoms with Crippen LogP contribution >= 0.6 is 11.8 Å². The van der Waals surface area contributed by atoms with E-state index in [4.69, 9.17) is 10.8 Å². The van der Waals surface area contributed by atoms with E-state index in [9.17, 15) is 9.59 Å². The van der Waals surface area contributed by atoms with Crippen LogP contribution in [0.4, 0.5) is 4.79 Å². The number of hydrogen-bond donors (Lipinski definition) is 0. The first-order chi connectivity index (χ1) is 7.72.